The highest BCUT2D eigenvalue weighted by atomic mass is 16.7. The number of aliphatic imine (C=N–C) groups is 1. The third-order valence-corrected chi connectivity index (χ3v) is 8.75. The molecule has 1 aromatic carbocycles. The third kappa shape index (κ3) is 5.20. The first kappa shape index (κ1) is 25.2. The fourth-order valence-corrected chi connectivity index (χ4v) is 6.50. The summed E-state index contributed by atoms with van der Waals surface area (Å²) in [5.41, 5.74) is 6.92. The predicted molar refractivity (Wildman–Crippen MR) is 138 cm³/mol. The fraction of sp³-hybridized carbons (Fsp3) is 0.704. The Morgan fingerprint density at radius 2 is 2.00 bits per heavy atom. The van der Waals surface area contributed by atoms with Crippen LogP contribution in [0.5, 0.6) is 0 Å². The molecule has 1 aliphatic heterocycles. The normalized spacial score (nSPS) is 31.4. The van der Waals surface area contributed by atoms with E-state index in [-0.39, 0.29) is 36.7 Å². The van der Waals surface area contributed by atoms with Gasteiger partial charge in [0.2, 0.25) is 5.91 Å². The molecule has 1 saturated heterocycles. The number of nitrogens with zero attached hydrogens (tertiary/aromatic N) is 1. The number of nitrogens with one attached hydrogen (secondary N) is 1. The molecule has 6 nitrogen and oxygen atoms in total. The number of rotatable bonds is 10. The average Bonchev–Trinajstić information content (AvgIpc) is 3.12. The van der Waals surface area contributed by atoms with Gasteiger partial charge in [0.1, 0.15) is 0 Å². The van der Waals surface area contributed by atoms with Crippen molar-refractivity contribution in [2.45, 2.75) is 90.8 Å². The summed E-state index contributed by atoms with van der Waals surface area (Å²) in [6, 6.07) is 10.3. The average molecular weight is 467 g/mol. The van der Waals surface area contributed by atoms with Gasteiger partial charge in [-0.15, -0.1) is 0 Å². The Morgan fingerprint density at radius 1 is 1.26 bits per heavy atom. The van der Waals surface area contributed by atoms with E-state index in [1.165, 1.54) is 12.0 Å². The Balaban J connectivity index is 1.38. The highest BCUT2D eigenvalue weighted by molar-refractivity contribution is 6.45. The maximum absolute atomic E-state index is 13.1. The van der Waals surface area contributed by atoms with Crippen LogP contribution in [0, 0.1) is 23.2 Å². The van der Waals surface area contributed by atoms with Crippen molar-refractivity contribution in [1.29, 1.82) is 0 Å². The van der Waals surface area contributed by atoms with Gasteiger partial charge < -0.3 is 20.4 Å². The lowest BCUT2D eigenvalue weighted by molar-refractivity contribution is -0.199. The van der Waals surface area contributed by atoms with E-state index < -0.39 is 0 Å². The van der Waals surface area contributed by atoms with Crippen LogP contribution in [0.2, 0.25) is 6.32 Å². The molecular formula is C27H42BN3O3. The van der Waals surface area contributed by atoms with E-state index >= 15 is 0 Å². The van der Waals surface area contributed by atoms with Crippen molar-refractivity contribution in [3.05, 3.63) is 35.9 Å². The van der Waals surface area contributed by atoms with E-state index in [0.717, 1.165) is 31.6 Å². The molecule has 3 N–H and O–H groups in total. The second kappa shape index (κ2) is 10.0. The standard InChI is InChI=1S/C27H42BN3O3/c1-18(10-9-13-30-19(2)29)25(32)31-22(14-20-11-7-6-8-12-20)17-28-33-24-16-21-15-23(26(21,3)4)27(24,5)34-28/h6-8,11-12,18,21-24H,9-10,13-17H2,1-5H3,(H2,29,30)(H,31,32)/t18-,21?,22+,23?,24?,27+/m0/s1. The number of carbonyl (C=O) groups excluding carboxylic acids is 1. The van der Waals surface area contributed by atoms with Crippen molar-refractivity contribution in [2.75, 3.05) is 6.54 Å². The molecule has 3 unspecified atom stereocenters. The Hall–Kier alpha value is -1.86. The van der Waals surface area contributed by atoms with Crippen LogP contribution in [0.15, 0.2) is 35.3 Å². The molecule has 4 fully saturated rings. The van der Waals surface area contributed by atoms with Crippen LogP contribution < -0.4 is 11.1 Å². The lowest BCUT2D eigenvalue weighted by Crippen LogP contribution is -2.65. The highest BCUT2D eigenvalue weighted by Crippen LogP contribution is 2.65. The zero-order chi connectivity index (χ0) is 24.5. The number of hydrogen-bond acceptors (Lipinski definition) is 4. The van der Waals surface area contributed by atoms with E-state index in [4.69, 9.17) is 15.0 Å². The van der Waals surface area contributed by atoms with E-state index in [2.05, 4.69) is 43.2 Å². The molecule has 3 saturated carbocycles. The molecule has 2 bridgehead atoms. The van der Waals surface area contributed by atoms with Crippen LogP contribution in [0.25, 0.3) is 0 Å². The Bertz CT molecular complexity index is 888. The minimum Gasteiger partial charge on any atom is -0.405 e. The molecule has 7 heteroatoms. The van der Waals surface area contributed by atoms with Gasteiger partial charge in [-0.2, -0.15) is 0 Å². The molecule has 186 valence electrons. The fourth-order valence-electron chi connectivity index (χ4n) is 6.50. The molecule has 0 spiro atoms. The summed E-state index contributed by atoms with van der Waals surface area (Å²) in [4.78, 5) is 17.3. The summed E-state index contributed by atoms with van der Waals surface area (Å²) in [5.74, 6) is 1.86. The number of amides is 1. The summed E-state index contributed by atoms with van der Waals surface area (Å²) in [5, 5.41) is 3.31. The second-order valence-corrected chi connectivity index (χ2v) is 11.6. The van der Waals surface area contributed by atoms with Gasteiger partial charge in [-0.25, -0.2) is 0 Å². The zero-order valence-electron chi connectivity index (χ0n) is 21.5. The van der Waals surface area contributed by atoms with Crippen molar-refractivity contribution in [3.8, 4) is 0 Å². The van der Waals surface area contributed by atoms with Crippen molar-refractivity contribution in [1.82, 2.24) is 5.32 Å². The van der Waals surface area contributed by atoms with Crippen LogP contribution >= 0.6 is 0 Å². The summed E-state index contributed by atoms with van der Waals surface area (Å²) in [7, 11) is -0.281. The van der Waals surface area contributed by atoms with Gasteiger partial charge in [0.05, 0.1) is 17.5 Å². The molecule has 0 aromatic heterocycles. The first-order valence-corrected chi connectivity index (χ1v) is 13.0. The minimum absolute atomic E-state index is 0.0431. The van der Waals surface area contributed by atoms with E-state index in [0.29, 0.717) is 30.0 Å². The Kier molecular flexibility index (Phi) is 7.44. The van der Waals surface area contributed by atoms with Gasteiger partial charge in [0.15, 0.2) is 0 Å². The lowest BCUT2D eigenvalue weighted by Gasteiger charge is -2.64. The minimum atomic E-state index is -0.281. The van der Waals surface area contributed by atoms with Crippen molar-refractivity contribution >= 4 is 18.9 Å². The number of benzene rings is 1. The van der Waals surface area contributed by atoms with Gasteiger partial charge in [0, 0.05) is 24.8 Å². The molecule has 5 rings (SSSR count). The van der Waals surface area contributed by atoms with Crippen LogP contribution in [0.1, 0.15) is 65.9 Å². The first-order chi connectivity index (χ1) is 16.1. The molecule has 0 radical (unpaired) electrons. The van der Waals surface area contributed by atoms with E-state index in [1.807, 2.05) is 25.1 Å². The van der Waals surface area contributed by atoms with Crippen LogP contribution in [-0.4, -0.2) is 43.2 Å². The monoisotopic (exact) mass is 467 g/mol. The topological polar surface area (TPSA) is 85.9 Å². The highest BCUT2D eigenvalue weighted by Gasteiger charge is 2.67. The van der Waals surface area contributed by atoms with Crippen LogP contribution in [0.3, 0.4) is 0 Å². The van der Waals surface area contributed by atoms with Crippen molar-refractivity contribution in [3.63, 3.8) is 0 Å². The summed E-state index contributed by atoms with van der Waals surface area (Å²) in [6.07, 6.45) is 5.54. The molecule has 1 aromatic rings. The zero-order valence-corrected chi connectivity index (χ0v) is 21.5. The Morgan fingerprint density at radius 3 is 2.68 bits per heavy atom. The summed E-state index contributed by atoms with van der Waals surface area (Å²) < 4.78 is 13.1. The van der Waals surface area contributed by atoms with Crippen LogP contribution in [-0.2, 0) is 20.5 Å². The third-order valence-electron chi connectivity index (χ3n) is 8.75. The van der Waals surface area contributed by atoms with Gasteiger partial charge in [-0.3, -0.25) is 9.79 Å². The number of amidine groups is 1. The molecule has 3 aliphatic carbocycles. The lowest BCUT2D eigenvalue weighted by atomic mass is 9.43. The molecule has 34 heavy (non-hydrogen) atoms. The largest absolute Gasteiger partial charge is 0.459 e. The maximum Gasteiger partial charge on any atom is 0.459 e. The van der Waals surface area contributed by atoms with E-state index in [1.54, 1.807) is 6.92 Å². The first-order valence-electron chi connectivity index (χ1n) is 13.0. The van der Waals surface area contributed by atoms with Crippen LogP contribution in [0.4, 0.5) is 0 Å². The van der Waals surface area contributed by atoms with E-state index in [9.17, 15) is 4.79 Å². The van der Waals surface area contributed by atoms with Gasteiger partial charge in [-0.05, 0) is 68.8 Å². The molecule has 1 heterocycles. The van der Waals surface area contributed by atoms with Crippen molar-refractivity contribution < 1.29 is 14.1 Å². The molecule has 1 amide bonds. The maximum atomic E-state index is 13.1. The van der Waals surface area contributed by atoms with Gasteiger partial charge in [0.25, 0.3) is 0 Å². The molecule has 6 atom stereocenters. The molecule has 4 aliphatic rings. The summed E-state index contributed by atoms with van der Waals surface area (Å²) in [6.45, 7) is 11.4. The number of hydrogen-bond donors (Lipinski definition) is 2. The Labute approximate surface area is 205 Å². The van der Waals surface area contributed by atoms with Gasteiger partial charge in [-0.1, -0.05) is 51.1 Å². The predicted octanol–water partition coefficient (Wildman–Crippen LogP) is 4.24. The summed E-state index contributed by atoms with van der Waals surface area (Å²) >= 11 is 0. The van der Waals surface area contributed by atoms with Gasteiger partial charge >= 0.3 is 7.12 Å². The molecular weight excluding hydrogens is 425 g/mol. The smallest absolute Gasteiger partial charge is 0.405 e. The number of carbonyl (C=O) groups is 1. The SMILES string of the molecule is CC(N)=NCCC[C@H](C)C(=O)N[C@@H](CB1OC2CC3CC(C3(C)C)[C@@]2(C)O1)Cc1ccccc1. The second-order valence-electron chi connectivity index (χ2n) is 11.6. The number of nitrogens with two attached hydrogens (primary N) is 1. The quantitative estimate of drug-likeness (QED) is 0.233. The van der Waals surface area contributed by atoms with Crippen molar-refractivity contribution in [2.24, 2.45) is 33.9 Å².